The Morgan fingerprint density at radius 3 is 2.06 bits per heavy atom. The van der Waals surface area contributed by atoms with Crippen molar-refractivity contribution in [1.82, 2.24) is 14.9 Å². The van der Waals surface area contributed by atoms with Gasteiger partial charge in [-0.25, -0.2) is 4.98 Å². The zero-order valence-corrected chi connectivity index (χ0v) is 16.7. The third-order valence-corrected chi connectivity index (χ3v) is 5.48. The van der Waals surface area contributed by atoms with E-state index < -0.39 is 27.1 Å². The largest absolute Gasteiger partial charge is 0.353 e. The van der Waals surface area contributed by atoms with E-state index in [2.05, 4.69) is 19.8 Å². The maximum absolute atomic E-state index is 12.9. The van der Waals surface area contributed by atoms with Gasteiger partial charge in [0.05, 0.1) is 21.5 Å². The van der Waals surface area contributed by atoms with Crippen LogP contribution in [0.15, 0.2) is 30.5 Å². The first kappa shape index (κ1) is 20.4. The molecule has 2 aromatic rings. The fourth-order valence-corrected chi connectivity index (χ4v) is 3.84. The van der Waals surface area contributed by atoms with Gasteiger partial charge in [0.1, 0.15) is 5.82 Å². The summed E-state index contributed by atoms with van der Waals surface area (Å²) >= 11 is 0. The number of nitro benzene ring substituents is 2. The van der Waals surface area contributed by atoms with Gasteiger partial charge in [-0.1, -0.05) is 0 Å². The molecule has 1 amide bonds. The number of amides is 1. The summed E-state index contributed by atoms with van der Waals surface area (Å²) in [7, 11) is 0. The van der Waals surface area contributed by atoms with Gasteiger partial charge in [-0.2, -0.15) is 4.98 Å². The number of hydrogen-bond donors (Lipinski definition) is 0. The molecule has 1 aromatic carbocycles. The van der Waals surface area contributed by atoms with Crippen LogP contribution in [0.25, 0.3) is 0 Å². The summed E-state index contributed by atoms with van der Waals surface area (Å²) in [4.78, 5) is 48.3. The molecule has 162 valence electrons. The first-order valence-electron chi connectivity index (χ1n) is 9.98. The van der Waals surface area contributed by atoms with E-state index in [0.29, 0.717) is 32.1 Å². The maximum atomic E-state index is 12.9. The second-order valence-corrected chi connectivity index (χ2v) is 7.44. The Kier molecular flexibility index (Phi) is 5.60. The SMILES string of the molecule is O=C(c1cc([N+](=O)[O-])cc([N+](=O)[O-])c1)N1CCN(c2ccnc(N3CCCC3)n2)CC1. The van der Waals surface area contributed by atoms with Crippen molar-refractivity contribution < 1.29 is 14.6 Å². The molecular weight excluding hydrogens is 406 g/mol. The fourth-order valence-electron chi connectivity index (χ4n) is 3.84. The molecule has 3 heterocycles. The van der Waals surface area contributed by atoms with Crippen molar-refractivity contribution in [1.29, 1.82) is 0 Å². The molecule has 2 aliphatic rings. The second-order valence-electron chi connectivity index (χ2n) is 7.44. The van der Waals surface area contributed by atoms with Crippen molar-refractivity contribution in [2.75, 3.05) is 49.1 Å². The van der Waals surface area contributed by atoms with Gasteiger partial charge in [0.2, 0.25) is 5.95 Å². The number of anilines is 2. The smallest absolute Gasteiger partial charge is 0.277 e. The van der Waals surface area contributed by atoms with Crippen LogP contribution >= 0.6 is 0 Å². The van der Waals surface area contributed by atoms with Gasteiger partial charge in [-0.3, -0.25) is 25.0 Å². The molecule has 0 atom stereocenters. The minimum atomic E-state index is -0.741. The van der Waals surface area contributed by atoms with Crippen molar-refractivity contribution in [3.63, 3.8) is 0 Å². The highest BCUT2D eigenvalue weighted by Gasteiger charge is 2.27. The minimum absolute atomic E-state index is 0.0623. The molecular formula is C19H21N7O5. The van der Waals surface area contributed by atoms with E-state index in [1.54, 1.807) is 11.1 Å². The zero-order chi connectivity index (χ0) is 22.0. The van der Waals surface area contributed by atoms with Crippen LogP contribution < -0.4 is 9.80 Å². The summed E-state index contributed by atoms with van der Waals surface area (Å²) in [6.07, 6.45) is 3.99. The maximum Gasteiger partial charge on any atom is 0.277 e. The van der Waals surface area contributed by atoms with Crippen molar-refractivity contribution in [2.45, 2.75) is 12.8 Å². The van der Waals surface area contributed by atoms with Crippen LogP contribution in [-0.2, 0) is 0 Å². The standard InChI is InChI=1S/C19H21N7O5/c27-18(14-11-15(25(28)29)13-16(12-14)26(30)31)23-9-7-22(8-10-23)17-3-4-20-19(21-17)24-5-1-2-6-24/h3-4,11-13H,1-2,5-10H2. The predicted octanol–water partition coefficient (Wildman–Crippen LogP) is 1.86. The van der Waals surface area contributed by atoms with Crippen molar-refractivity contribution in [3.8, 4) is 0 Å². The van der Waals surface area contributed by atoms with Gasteiger partial charge in [0.15, 0.2) is 0 Å². The highest BCUT2D eigenvalue weighted by atomic mass is 16.6. The van der Waals surface area contributed by atoms with E-state index in [9.17, 15) is 25.0 Å². The minimum Gasteiger partial charge on any atom is -0.353 e. The molecule has 1 aromatic heterocycles. The summed E-state index contributed by atoms with van der Waals surface area (Å²) in [5, 5.41) is 22.2. The number of non-ortho nitro benzene ring substituents is 2. The number of nitrogens with zero attached hydrogens (tertiary/aromatic N) is 7. The molecule has 2 fully saturated rings. The lowest BCUT2D eigenvalue weighted by atomic mass is 10.1. The number of aromatic nitrogens is 2. The number of carbonyl (C=O) groups is 1. The zero-order valence-electron chi connectivity index (χ0n) is 16.7. The number of rotatable bonds is 5. The Labute approximate surface area is 177 Å². The van der Waals surface area contributed by atoms with Crippen LogP contribution in [0.2, 0.25) is 0 Å². The van der Waals surface area contributed by atoms with Crippen molar-refractivity contribution >= 4 is 29.0 Å². The molecule has 0 radical (unpaired) electrons. The number of nitro groups is 2. The molecule has 2 saturated heterocycles. The number of piperazine rings is 1. The van der Waals surface area contributed by atoms with Gasteiger partial charge < -0.3 is 14.7 Å². The number of benzene rings is 1. The molecule has 0 saturated carbocycles. The molecule has 0 aliphatic carbocycles. The Hall–Kier alpha value is -3.83. The van der Waals surface area contributed by atoms with E-state index >= 15 is 0 Å². The summed E-state index contributed by atoms with van der Waals surface area (Å²) in [6.45, 7) is 3.69. The van der Waals surface area contributed by atoms with E-state index in [1.807, 2.05) is 6.07 Å². The van der Waals surface area contributed by atoms with E-state index in [4.69, 9.17) is 0 Å². The summed E-state index contributed by atoms with van der Waals surface area (Å²) in [5.41, 5.74) is -1.02. The van der Waals surface area contributed by atoms with Crippen LogP contribution in [0.5, 0.6) is 0 Å². The van der Waals surface area contributed by atoms with Gasteiger partial charge in [0.25, 0.3) is 17.3 Å². The van der Waals surface area contributed by atoms with Crippen LogP contribution in [0.4, 0.5) is 23.1 Å². The second kappa shape index (κ2) is 8.50. The Morgan fingerprint density at radius 2 is 1.48 bits per heavy atom. The predicted molar refractivity (Wildman–Crippen MR) is 111 cm³/mol. The summed E-state index contributed by atoms with van der Waals surface area (Å²) in [6, 6.07) is 4.84. The number of hydrogen-bond acceptors (Lipinski definition) is 9. The van der Waals surface area contributed by atoms with Crippen molar-refractivity contribution in [2.24, 2.45) is 0 Å². The summed E-state index contributed by atoms with van der Waals surface area (Å²) in [5.74, 6) is 1.03. The van der Waals surface area contributed by atoms with Crippen LogP contribution in [0.3, 0.4) is 0 Å². The van der Waals surface area contributed by atoms with Gasteiger partial charge in [0, 0.05) is 57.6 Å². The molecule has 0 bridgehead atoms. The lowest BCUT2D eigenvalue weighted by Crippen LogP contribution is -2.49. The van der Waals surface area contributed by atoms with Crippen LogP contribution in [-0.4, -0.2) is 69.9 Å². The quantitative estimate of drug-likeness (QED) is 0.516. The lowest BCUT2D eigenvalue weighted by Gasteiger charge is -2.35. The molecule has 4 rings (SSSR count). The van der Waals surface area contributed by atoms with E-state index in [1.165, 1.54) is 0 Å². The Morgan fingerprint density at radius 1 is 0.871 bits per heavy atom. The van der Waals surface area contributed by atoms with E-state index in [0.717, 1.165) is 49.9 Å². The van der Waals surface area contributed by atoms with Gasteiger partial charge in [-0.05, 0) is 18.9 Å². The van der Waals surface area contributed by atoms with Crippen molar-refractivity contribution in [3.05, 3.63) is 56.3 Å². The highest BCUT2D eigenvalue weighted by Crippen LogP contribution is 2.25. The molecule has 0 N–H and O–H groups in total. The molecule has 12 nitrogen and oxygen atoms in total. The first-order valence-corrected chi connectivity index (χ1v) is 9.98. The average Bonchev–Trinajstić information content (AvgIpc) is 3.33. The topological polar surface area (TPSA) is 139 Å². The Bertz CT molecular complexity index is 984. The first-order chi connectivity index (χ1) is 14.9. The van der Waals surface area contributed by atoms with Crippen LogP contribution in [0, 0.1) is 20.2 Å². The Balaban J connectivity index is 1.45. The highest BCUT2D eigenvalue weighted by molar-refractivity contribution is 5.95. The number of carbonyl (C=O) groups excluding carboxylic acids is 1. The third-order valence-electron chi connectivity index (χ3n) is 5.48. The lowest BCUT2D eigenvalue weighted by molar-refractivity contribution is -0.394. The molecule has 0 unspecified atom stereocenters. The third kappa shape index (κ3) is 4.37. The molecule has 2 aliphatic heterocycles. The normalized spacial score (nSPS) is 16.5. The molecule has 31 heavy (non-hydrogen) atoms. The fraction of sp³-hybridized carbons (Fsp3) is 0.421. The summed E-state index contributed by atoms with van der Waals surface area (Å²) < 4.78 is 0. The van der Waals surface area contributed by atoms with E-state index in [-0.39, 0.29) is 5.56 Å². The average molecular weight is 427 g/mol. The molecule has 0 spiro atoms. The monoisotopic (exact) mass is 427 g/mol. The molecule has 12 heteroatoms. The van der Waals surface area contributed by atoms with Gasteiger partial charge in [-0.15, -0.1) is 0 Å². The van der Waals surface area contributed by atoms with Crippen LogP contribution in [0.1, 0.15) is 23.2 Å². The van der Waals surface area contributed by atoms with Gasteiger partial charge >= 0.3 is 0 Å².